The number of benzene rings is 1. The van der Waals surface area contributed by atoms with Gasteiger partial charge in [0.05, 0.1) is 0 Å². The maximum atomic E-state index is 13.1. The third kappa shape index (κ3) is 4.94. The Kier molecular flexibility index (Phi) is 6.65. The molecule has 0 radical (unpaired) electrons. The Bertz CT molecular complexity index is 371. The minimum atomic E-state index is -0.784. The van der Waals surface area contributed by atoms with Crippen LogP contribution in [-0.2, 0) is 6.42 Å². The van der Waals surface area contributed by atoms with Crippen molar-refractivity contribution in [2.24, 2.45) is 0 Å². The van der Waals surface area contributed by atoms with Gasteiger partial charge in [-0.05, 0) is 37.6 Å². The molecule has 0 aliphatic rings. The van der Waals surface area contributed by atoms with E-state index in [1.165, 1.54) is 12.1 Å². The van der Waals surface area contributed by atoms with E-state index in [9.17, 15) is 8.78 Å². The van der Waals surface area contributed by atoms with Gasteiger partial charge in [-0.1, -0.05) is 19.9 Å². The third-order valence-electron chi connectivity index (χ3n) is 3.03. The molecular formula is C14H21F2NS. The largest absolute Gasteiger partial charge is 0.316 e. The number of likely N-dealkylation sites (N-methyl/N-ethyl adjacent to an activating group) is 1. The van der Waals surface area contributed by atoms with Gasteiger partial charge < -0.3 is 5.32 Å². The zero-order valence-electron chi connectivity index (χ0n) is 11.2. The van der Waals surface area contributed by atoms with Crippen molar-refractivity contribution >= 4 is 11.8 Å². The lowest BCUT2D eigenvalue weighted by Crippen LogP contribution is -2.30. The summed E-state index contributed by atoms with van der Waals surface area (Å²) in [5.74, 6) is -0.574. The van der Waals surface area contributed by atoms with E-state index in [-0.39, 0.29) is 6.04 Å². The molecular weight excluding hydrogens is 252 g/mol. The van der Waals surface area contributed by atoms with E-state index in [1.54, 1.807) is 6.07 Å². The van der Waals surface area contributed by atoms with Crippen molar-refractivity contribution in [3.63, 3.8) is 0 Å². The van der Waals surface area contributed by atoms with Crippen molar-refractivity contribution in [3.8, 4) is 0 Å². The van der Waals surface area contributed by atoms with Crippen LogP contribution in [-0.4, -0.2) is 24.1 Å². The van der Waals surface area contributed by atoms with Gasteiger partial charge in [-0.2, -0.15) is 11.8 Å². The van der Waals surface area contributed by atoms with E-state index in [2.05, 4.69) is 19.2 Å². The standard InChI is InChI=1S/C14H21F2NS/c1-4-10(2)18-9-12(17-3)7-11-5-6-13(15)14(16)8-11/h5-6,8,10,12,17H,4,7,9H2,1-3H3. The maximum absolute atomic E-state index is 13.1. The molecule has 18 heavy (non-hydrogen) atoms. The van der Waals surface area contributed by atoms with Crippen LogP contribution in [0.4, 0.5) is 8.78 Å². The summed E-state index contributed by atoms with van der Waals surface area (Å²) in [6.07, 6.45) is 1.86. The van der Waals surface area contributed by atoms with Crippen molar-refractivity contribution in [1.82, 2.24) is 5.32 Å². The Morgan fingerprint density at radius 1 is 1.28 bits per heavy atom. The van der Waals surface area contributed by atoms with Crippen LogP contribution in [0.3, 0.4) is 0 Å². The molecule has 0 spiro atoms. The summed E-state index contributed by atoms with van der Waals surface area (Å²) in [5.41, 5.74) is 0.831. The lowest BCUT2D eigenvalue weighted by molar-refractivity contribution is 0.505. The fourth-order valence-corrected chi connectivity index (χ4v) is 2.67. The number of hydrogen-bond donors (Lipinski definition) is 1. The highest BCUT2D eigenvalue weighted by Gasteiger charge is 2.11. The molecule has 1 aromatic rings. The minimum Gasteiger partial charge on any atom is -0.316 e. The topological polar surface area (TPSA) is 12.0 Å². The molecule has 0 aliphatic carbocycles. The molecule has 0 heterocycles. The van der Waals surface area contributed by atoms with E-state index in [1.807, 2.05) is 18.8 Å². The van der Waals surface area contributed by atoms with Crippen molar-refractivity contribution < 1.29 is 8.78 Å². The molecule has 0 saturated heterocycles. The quantitative estimate of drug-likeness (QED) is 0.814. The van der Waals surface area contributed by atoms with Crippen molar-refractivity contribution in [1.29, 1.82) is 0 Å². The van der Waals surface area contributed by atoms with Crippen molar-refractivity contribution in [2.45, 2.75) is 38.0 Å². The summed E-state index contributed by atoms with van der Waals surface area (Å²) in [6, 6.07) is 4.41. The number of thioether (sulfide) groups is 1. The average Bonchev–Trinajstić information content (AvgIpc) is 2.38. The zero-order valence-corrected chi connectivity index (χ0v) is 12.0. The van der Waals surface area contributed by atoms with Crippen molar-refractivity contribution in [2.75, 3.05) is 12.8 Å². The van der Waals surface area contributed by atoms with Gasteiger partial charge in [0.15, 0.2) is 11.6 Å². The number of rotatable bonds is 7. The van der Waals surface area contributed by atoms with Crippen LogP contribution in [0.1, 0.15) is 25.8 Å². The molecule has 0 amide bonds. The van der Waals surface area contributed by atoms with Gasteiger partial charge in [0.2, 0.25) is 0 Å². The summed E-state index contributed by atoms with van der Waals surface area (Å²) < 4.78 is 25.9. The number of nitrogens with one attached hydrogen (secondary N) is 1. The average molecular weight is 273 g/mol. The second-order valence-corrected chi connectivity index (χ2v) is 5.96. The highest BCUT2D eigenvalue weighted by Crippen LogP contribution is 2.17. The molecule has 0 fully saturated rings. The molecule has 0 bridgehead atoms. The van der Waals surface area contributed by atoms with E-state index in [0.717, 1.165) is 24.2 Å². The Hall–Kier alpha value is -0.610. The SMILES string of the molecule is CCC(C)SCC(Cc1ccc(F)c(F)c1)NC. The van der Waals surface area contributed by atoms with Gasteiger partial charge in [-0.3, -0.25) is 0 Å². The first-order valence-electron chi connectivity index (χ1n) is 6.29. The predicted octanol–water partition coefficient (Wildman–Crippen LogP) is 3.63. The Balaban J connectivity index is 2.54. The molecule has 1 aromatic carbocycles. The van der Waals surface area contributed by atoms with Crippen LogP contribution in [0.15, 0.2) is 18.2 Å². The first kappa shape index (κ1) is 15.4. The molecule has 0 saturated carbocycles. The molecule has 2 unspecified atom stereocenters. The van der Waals surface area contributed by atoms with Crippen LogP contribution in [0, 0.1) is 11.6 Å². The van der Waals surface area contributed by atoms with Crippen LogP contribution in [0.5, 0.6) is 0 Å². The Labute approximate surface area is 112 Å². The zero-order chi connectivity index (χ0) is 13.5. The maximum Gasteiger partial charge on any atom is 0.159 e. The summed E-state index contributed by atoms with van der Waals surface area (Å²) in [5, 5.41) is 3.86. The molecule has 0 aromatic heterocycles. The normalized spacial score (nSPS) is 14.5. The van der Waals surface area contributed by atoms with Gasteiger partial charge in [-0.25, -0.2) is 8.78 Å². The fraction of sp³-hybridized carbons (Fsp3) is 0.571. The predicted molar refractivity (Wildman–Crippen MR) is 75.1 cm³/mol. The summed E-state index contributed by atoms with van der Waals surface area (Å²) >= 11 is 1.91. The van der Waals surface area contributed by atoms with Gasteiger partial charge in [0.1, 0.15) is 0 Å². The third-order valence-corrected chi connectivity index (χ3v) is 4.53. The smallest absolute Gasteiger partial charge is 0.159 e. The van der Waals surface area contributed by atoms with Gasteiger partial charge in [-0.15, -0.1) is 0 Å². The molecule has 4 heteroatoms. The summed E-state index contributed by atoms with van der Waals surface area (Å²) in [4.78, 5) is 0. The molecule has 1 N–H and O–H groups in total. The Morgan fingerprint density at radius 2 is 2.00 bits per heavy atom. The first-order valence-corrected chi connectivity index (χ1v) is 7.34. The van der Waals surface area contributed by atoms with Crippen LogP contribution in [0.2, 0.25) is 0 Å². The molecule has 1 rings (SSSR count). The lowest BCUT2D eigenvalue weighted by atomic mass is 10.1. The summed E-state index contributed by atoms with van der Waals surface area (Å²) in [6.45, 7) is 4.37. The monoisotopic (exact) mass is 273 g/mol. The van der Waals surface area contributed by atoms with E-state index < -0.39 is 11.6 Å². The van der Waals surface area contributed by atoms with E-state index in [4.69, 9.17) is 0 Å². The lowest BCUT2D eigenvalue weighted by Gasteiger charge is -2.18. The van der Waals surface area contributed by atoms with Crippen LogP contribution < -0.4 is 5.32 Å². The molecule has 0 aliphatic heterocycles. The van der Waals surface area contributed by atoms with E-state index >= 15 is 0 Å². The first-order chi connectivity index (χ1) is 8.56. The molecule has 1 nitrogen and oxygen atoms in total. The van der Waals surface area contributed by atoms with Gasteiger partial charge >= 0.3 is 0 Å². The van der Waals surface area contributed by atoms with Crippen molar-refractivity contribution in [3.05, 3.63) is 35.4 Å². The Morgan fingerprint density at radius 3 is 2.56 bits per heavy atom. The molecule has 2 atom stereocenters. The second-order valence-electron chi connectivity index (χ2n) is 4.49. The van der Waals surface area contributed by atoms with Crippen LogP contribution >= 0.6 is 11.8 Å². The molecule has 102 valence electrons. The van der Waals surface area contributed by atoms with E-state index in [0.29, 0.717) is 5.25 Å². The van der Waals surface area contributed by atoms with Gasteiger partial charge in [0, 0.05) is 17.0 Å². The van der Waals surface area contributed by atoms with Gasteiger partial charge in [0.25, 0.3) is 0 Å². The minimum absolute atomic E-state index is 0.286. The fourth-order valence-electron chi connectivity index (χ4n) is 1.59. The highest BCUT2D eigenvalue weighted by atomic mass is 32.2. The second kappa shape index (κ2) is 7.74. The summed E-state index contributed by atoms with van der Waals surface area (Å²) in [7, 11) is 1.90. The highest BCUT2D eigenvalue weighted by molar-refractivity contribution is 7.99. The van der Waals surface area contributed by atoms with Crippen LogP contribution in [0.25, 0.3) is 0 Å². The number of halogens is 2. The number of hydrogen-bond acceptors (Lipinski definition) is 2.